The summed E-state index contributed by atoms with van der Waals surface area (Å²) in [4.78, 5) is 47.4. The molecule has 0 fully saturated rings. The third-order valence-electron chi connectivity index (χ3n) is 4.99. The second-order valence-electron chi connectivity index (χ2n) is 7.32. The van der Waals surface area contributed by atoms with Gasteiger partial charge in [0.2, 0.25) is 0 Å². The van der Waals surface area contributed by atoms with Crippen LogP contribution in [0.2, 0.25) is 0 Å². The van der Waals surface area contributed by atoms with E-state index in [2.05, 4.69) is 15.8 Å². The van der Waals surface area contributed by atoms with Gasteiger partial charge in [-0.05, 0) is 43.3 Å². The first-order valence-electron chi connectivity index (χ1n) is 10.7. The third kappa shape index (κ3) is 6.45. The highest BCUT2D eigenvalue weighted by Crippen LogP contribution is 2.30. The van der Waals surface area contributed by atoms with Gasteiger partial charge in [-0.15, -0.1) is 0 Å². The van der Waals surface area contributed by atoms with Gasteiger partial charge in [0.15, 0.2) is 11.5 Å². The lowest BCUT2D eigenvalue weighted by Crippen LogP contribution is -2.33. The summed E-state index contributed by atoms with van der Waals surface area (Å²) in [7, 11) is 2.78. The highest BCUT2D eigenvalue weighted by atomic mass is 16.6. The number of carbonyl (C=O) groups excluding carboxylic acids is 3. The van der Waals surface area contributed by atoms with Crippen LogP contribution in [0.25, 0.3) is 0 Å². The highest BCUT2D eigenvalue weighted by Gasteiger charge is 2.22. The van der Waals surface area contributed by atoms with Crippen molar-refractivity contribution in [1.82, 2.24) is 5.43 Å². The molecule has 0 aliphatic carbocycles. The lowest BCUT2D eigenvalue weighted by Gasteiger charge is -2.11. The van der Waals surface area contributed by atoms with Crippen LogP contribution in [0.4, 0.5) is 11.4 Å². The van der Waals surface area contributed by atoms with Gasteiger partial charge in [-0.1, -0.05) is 24.3 Å². The zero-order valence-corrected chi connectivity index (χ0v) is 20.0. The molecule has 3 aromatic rings. The predicted octanol–water partition coefficient (Wildman–Crippen LogP) is 3.31. The maximum Gasteiger partial charge on any atom is 0.350 e. The quantitative estimate of drug-likeness (QED) is 0.118. The Bertz CT molecular complexity index is 1390. The number of methoxy groups -OCH3 is 2. The van der Waals surface area contributed by atoms with E-state index in [4.69, 9.17) is 14.2 Å². The topological polar surface area (TPSA) is 158 Å². The lowest BCUT2D eigenvalue weighted by atomic mass is 10.1. The van der Waals surface area contributed by atoms with Crippen LogP contribution in [0.1, 0.15) is 22.8 Å². The molecule has 0 radical (unpaired) electrons. The number of benzene rings is 3. The first-order chi connectivity index (χ1) is 17.7. The Morgan fingerprint density at radius 2 is 1.54 bits per heavy atom. The number of nitro benzene ring substituents is 1. The van der Waals surface area contributed by atoms with E-state index in [9.17, 15) is 24.5 Å². The fourth-order valence-corrected chi connectivity index (χ4v) is 3.11. The third-order valence-corrected chi connectivity index (χ3v) is 4.99. The van der Waals surface area contributed by atoms with Crippen molar-refractivity contribution < 1.29 is 33.5 Å². The standard InChI is InChI=1S/C25H22N4O8/c1-15(27-28-24(31)23(30)26-18-9-5-7-11-20(18)35-2)16-12-13-21(22(14-16)36-3)37-25(32)17-8-4-6-10-19(17)29(33)34/h4-14H,1-3H3,(H,26,30)(H,28,31)/b27-15+. The summed E-state index contributed by atoms with van der Waals surface area (Å²) in [5.41, 5.74) is 2.67. The molecule has 12 nitrogen and oxygen atoms in total. The minimum absolute atomic E-state index is 0.0161. The first kappa shape index (κ1) is 26.3. The summed E-state index contributed by atoms with van der Waals surface area (Å²) in [5.74, 6) is -2.35. The molecular weight excluding hydrogens is 484 g/mol. The molecule has 190 valence electrons. The number of nitro groups is 1. The number of anilines is 1. The van der Waals surface area contributed by atoms with Crippen molar-refractivity contribution in [1.29, 1.82) is 0 Å². The molecule has 37 heavy (non-hydrogen) atoms. The Hall–Kier alpha value is -5.26. The monoisotopic (exact) mass is 506 g/mol. The summed E-state index contributed by atoms with van der Waals surface area (Å²) >= 11 is 0. The number of amides is 2. The minimum atomic E-state index is -1.01. The first-order valence-corrected chi connectivity index (χ1v) is 10.7. The van der Waals surface area contributed by atoms with Gasteiger partial charge in [0, 0.05) is 11.6 Å². The maximum atomic E-state index is 12.5. The molecule has 0 aromatic heterocycles. The summed E-state index contributed by atoms with van der Waals surface area (Å²) < 4.78 is 15.7. The van der Waals surface area contributed by atoms with Crippen molar-refractivity contribution in [2.45, 2.75) is 6.92 Å². The molecule has 0 saturated carbocycles. The Labute approximate surface area is 211 Å². The van der Waals surface area contributed by atoms with Gasteiger partial charge < -0.3 is 19.5 Å². The summed E-state index contributed by atoms with van der Waals surface area (Å²) in [6.07, 6.45) is 0. The number of hydrogen-bond donors (Lipinski definition) is 2. The molecule has 12 heteroatoms. The van der Waals surface area contributed by atoms with Crippen LogP contribution in [0.15, 0.2) is 71.8 Å². The van der Waals surface area contributed by atoms with Gasteiger partial charge in [0.05, 0.1) is 30.5 Å². The van der Waals surface area contributed by atoms with E-state index in [1.165, 1.54) is 56.7 Å². The number of nitrogens with zero attached hydrogens (tertiary/aromatic N) is 2. The van der Waals surface area contributed by atoms with Crippen LogP contribution >= 0.6 is 0 Å². The molecule has 0 bridgehead atoms. The number of hydrazone groups is 1. The van der Waals surface area contributed by atoms with Crippen molar-refractivity contribution in [3.05, 3.63) is 88.0 Å². The van der Waals surface area contributed by atoms with Gasteiger partial charge in [-0.2, -0.15) is 5.10 Å². The summed E-state index contributed by atoms with van der Waals surface area (Å²) in [6, 6.07) is 16.4. The van der Waals surface area contributed by atoms with E-state index in [1.807, 2.05) is 0 Å². The lowest BCUT2D eigenvalue weighted by molar-refractivity contribution is -0.385. The van der Waals surface area contributed by atoms with Crippen LogP contribution in [0.5, 0.6) is 17.2 Å². The molecular formula is C25H22N4O8. The molecule has 0 atom stereocenters. The van der Waals surface area contributed by atoms with E-state index in [0.717, 1.165) is 0 Å². The van der Waals surface area contributed by atoms with Crippen LogP contribution < -0.4 is 25.0 Å². The Kier molecular flexibility index (Phi) is 8.49. The average Bonchev–Trinajstić information content (AvgIpc) is 2.91. The highest BCUT2D eigenvalue weighted by molar-refractivity contribution is 6.39. The fraction of sp³-hybridized carbons (Fsp3) is 0.120. The molecule has 3 aromatic carbocycles. The Morgan fingerprint density at radius 3 is 2.24 bits per heavy atom. The molecule has 0 heterocycles. The molecule has 0 aliphatic rings. The molecule has 3 rings (SSSR count). The van der Waals surface area contributed by atoms with E-state index in [0.29, 0.717) is 22.7 Å². The average molecular weight is 506 g/mol. The second-order valence-corrected chi connectivity index (χ2v) is 7.32. The Balaban J connectivity index is 1.71. The van der Waals surface area contributed by atoms with Gasteiger partial charge in [-0.25, -0.2) is 10.2 Å². The molecule has 2 N–H and O–H groups in total. The number of rotatable bonds is 8. The van der Waals surface area contributed by atoms with Gasteiger partial charge in [-0.3, -0.25) is 19.7 Å². The minimum Gasteiger partial charge on any atom is -0.495 e. The second kappa shape index (κ2) is 11.9. The maximum absolute atomic E-state index is 12.5. The zero-order chi connectivity index (χ0) is 26.9. The van der Waals surface area contributed by atoms with Crippen molar-refractivity contribution in [3.8, 4) is 17.2 Å². The molecule has 0 spiro atoms. The van der Waals surface area contributed by atoms with E-state index < -0.39 is 28.4 Å². The van der Waals surface area contributed by atoms with E-state index >= 15 is 0 Å². The zero-order valence-electron chi connectivity index (χ0n) is 20.0. The van der Waals surface area contributed by atoms with E-state index in [-0.39, 0.29) is 17.1 Å². The molecule has 0 aliphatic heterocycles. The van der Waals surface area contributed by atoms with Crippen molar-refractivity contribution in [3.63, 3.8) is 0 Å². The van der Waals surface area contributed by atoms with Crippen LogP contribution in [-0.4, -0.2) is 42.6 Å². The molecule has 2 amide bonds. The van der Waals surface area contributed by atoms with E-state index in [1.54, 1.807) is 31.2 Å². The fourth-order valence-electron chi connectivity index (χ4n) is 3.11. The smallest absolute Gasteiger partial charge is 0.350 e. The summed E-state index contributed by atoms with van der Waals surface area (Å²) in [5, 5.41) is 17.6. The number of para-hydroxylation sites is 3. The van der Waals surface area contributed by atoms with Crippen LogP contribution in [0, 0.1) is 10.1 Å². The predicted molar refractivity (Wildman–Crippen MR) is 133 cm³/mol. The number of esters is 1. The van der Waals surface area contributed by atoms with Crippen molar-refractivity contribution in [2.75, 3.05) is 19.5 Å². The van der Waals surface area contributed by atoms with Gasteiger partial charge in [0.1, 0.15) is 11.3 Å². The summed E-state index contributed by atoms with van der Waals surface area (Å²) in [6.45, 7) is 1.58. The van der Waals surface area contributed by atoms with Crippen LogP contribution in [0.3, 0.4) is 0 Å². The number of carbonyl (C=O) groups is 3. The Morgan fingerprint density at radius 1 is 0.865 bits per heavy atom. The largest absolute Gasteiger partial charge is 0.495 e. The number of ether oxygens (including phenoxy) is 3. The van der Waals surface area contributed by atoms with Crippen molar-refractivity contribution >= 4 is 34.9 Å². The molecule has 0 saturated heterocycles. The molecule has 0 unspecified atom stereocenters. The van der Waals surface area contributed by atoms with Crippen LogP contribution in [-0.2, 0) is 9.59 Å². The van der Waals surface area contributed by atoms with Gasteiger partial charge in [0.25, 0.3) is 5.69 Å². The SMILES string of the molecule is COc1ccccc1NC(=O)C(=O)N/N=C(\C)c1ccc(OC(=O)c2ccccc2[N+](=O)[O-])c(OC)c1. The normalized spacial score (nSPS) is 10.7. The van der Waals surface area contributed by atoms with Gasteiger partial charge >= 0.3 is 17.8 Å². The van der Waals surface area contributed by atoms with Crippen molar-refractivity contribution in [2.24, 2.45) is 5.10 Å². The number of hydrogen-bond acceptors (Lipinski definition) is 9. The number of nitrogens with one attached hydrogen (secondary N) is 2.